The molecular weight excluding hydrogens is 305 g/mol. The zero-order valence-electron chi connectivity index (χ0n) is 10.0. The van der Waals surface area contributed by atoms with Gasteiger partial charge in [-0.15, -0.1) is 0 Å². The Hall–Kier alpha value is -0.510. The second-order valence-corrected chi connectivity index (χ2v) is 6.14. The highest BCUT2D eigenvalue weighted by Crippen LogP contribution is 2.34. The quantitative estimate of drug-likeness (QED) is 0.671. The summed E-state index contributed by atoms with van der Waals surface area (Å²) >= 11 is 3.68. The zero-order chi connectivity index (χ0) is 13.2. The van der Waals surface area contributed by atoms with Crippen molar-refractivity contribution in [3.05, 3.63) is 35.4 Å². The molecule has 2 rings (SSSR count). The molecule has 1 fully saturated rings. The lowest BCUT2D eigenvalue weighted by Gasteiger charge is -2.17. The average Bonchev–Trinajstić information content (AvgIpc) is 2.82. The van der Waals surface area contributed by atoms with Crippen LogP contribution in [-0.2, 0) is 12.6 Å². The third kappa shape index (κ3) is 3.50. The molecule has 1 aromatic rings. The van der Waals surface area contributed by atoms with Gasteiger partial charge in [0.05, 0.1) is 5.56 Å². The maximum Gasteiger partial charge on any atom is 0.416 e. The van der Waals surface area contributed by atoms with Crippen LogP contribution in [0.5, 0.6) is 0 Å². The first kappa shape index (κ1) is 13.9. The van der Waals surface area contributed by atoms with Gasteiger partial charge >= 0.3 is 6.18 Å². The lowest BCUT2D eigenvalue weighted by atomic mass is 9.97. The molecule has 0 aromatic heterocycles. The minimum absolute atomic E-state index is 0.386. The summed E-state index contributed by atoms with van der Waals surface area (Å²) in [7, 11) is 0. The summed E-state index contributed by atoms with van der Waals surface area (Å²) < 4.78 is 37.3. The highest BCUT2D eigenvalue weighted by Gasteiger charge is 2.30. The Balaban J connectivity index is 1.97. The molecule has 0 heterocycles. The van der Waals surface area contributed by atoms with Crippen LogP contribution in [0.15, 0.2) is 24.3 Å². The summed E-state index contributed by atoms with van der Waals surface area (Å²) in [4.78, 5) is 0.386. The van der Waals surface area contributed by atoms with Crippen molar-refractivity contribution in [2.45, 2.75) is 43.1 Å². The summed E-state index contributed by atoms with van der Waals surface area (Å²) in [5.74, 6) is 0.673. The molecule has 1 aliphatic carbocycles. The molecule has 1 unspecified atom stereocenters. The number of hydrogen-bond donors (Lipinski definition) is 0. The zero-order valence-corrected chi connectivity index (χ0v) is 11.6. The minimum Gasteiger partial charge on any atom is -0.166 e. The minimum atomic E-state index is -4.24. The molecule has 0 aliphatic heterocycles. The first-order valence-corrected chi connectivity index (χ1v) is 7.18. The Morgan fingerprint density at radius 3 is 2.17 bits per heavy atom. The normalized spacial score (nSPS) is 19.1. The molecule has 0 spiro atoms. The van der Waals surface area contributed by atoms with E-state index in [-0.39, 0.29) is 0 Å². The van der Waals surface area contributed by atoms with Gasteiger partial charge in [0.2, 0.25) is 0 Å². The van der Waals surface area contributed by atoms with Crippen molar-refractivity contribution in [2.24, 2.45) is 5.92 Å². The number of halogens is 4. The predicted molar refractivity (Wildman–Crippen MR) is 69.8 cm³/mol. The third-order valence-corrected chi connectivity index (χ3v) is 4.69. The molecule has 4 heteroatoms. The van der Waals surface area contributed by atoms with E-state index in [9.17, 15) is 13.2 Å². The second-order valence-electron chi connectivity index (χ2n) is 4.96. The molecule has 18 heavy (non-hydrogen) atoms. The van der Waals surface area contributed by atoms with Gasteiger partial charge in [0.25, 0.3) is 0 Å². The Morgan fingerprint density at radius 2 is 1.67 bits per heavy atom. The Morgan fingerprint density at radius 1 is 1.11 bits per heavy atom. The van der Waals surface area contributed by atoms with E-state index in [1.165, 1.54) is 37.8 Å². The summed E-state index contributed by atoms with van der Waals surface area (Å²) in [5, 5.41) is 0. The van der Waals surface area contributed by atoms with E-state index in [1.807, 2.05) is 0 Å². The number of benzene rings is 1. The van der Waals surface area contributed by atoms with Crippen LogP contribution in [0.2, 0.25) is 0 Å². The van der Waals surface area contributed by atoms with Gasteiger partial charge in [-0.05, 0) is 42.9 Å². The lowest BCUT2D eigenvalue weighted by Crippen LogP contribution is -2.14. The third-order valence-electron chi connectivity index (χ3n) is 3.62. The maximum atomic E-state index is 12.4. The molecule has 0 radical (unpaired) electrons. The standard InChI is InChI=1S/C14H16BrF3/c15-13(11-3-1-2-4-11)9-10-5-7-12(8-6-10)14(16,17)18/h5-8,11,13H,1-4,9H2. The van der Waals surface area contributed by atoms with Crippen LogP contribution >= 0.6 is 15.9 Å². The van der Waals surface area contributed by atoms with Crippen molar-refractivity contribution >= 4 is 15.9 Å². The molecule has 1 aromatic carbocycles. The van der Waals surface area contributed by atoms with Crippen LogP contribution < -0.4 is 0 Å². The predicted octanol–water partition coefficient (Wildman–Crippen LogP) is 5.20. The van der Waals surface area contributed by atoms with Crippen LogP contribution in [0.4, 0.5) is 13.2 Å². The van der Waals surface area contributed by atoms with Crippen LogP contribution in [0.1, 0.15) is 36.8 Å². The molecule has 0 saturated heterocycles. The average molecular weight is 321 g/mol. The van der Waals surface area contributed by atoms with Crippen molar-refractivity contribution in [3.8, 4) is 0 Å². The number of hydrogen-bond acceptors (Lipinski definition) is 0. The first-order valence-electron chi connectivity index (χ1n) is 6.27. The van der Waals surface area contributed by atoms with E-state index < -0.39 is 11.7 Å². The fourth-order valence-corrected chi connectivity index (χ4v) is 3.44. The van der Waals surface area contributed by atoms with Crippen molar-refractivity contribution < 1.29 is 13.2 Å². The number of alkyl halides is 4. The van der Waals surface area contributed by atoms with E-state index in [1.54, 1.807) is 12.1 Å². The van der Waals surface area contributed by atoms with Crippen LogP contribution in [-0.4, -0.2) is 4.83 Å². The summed E-state index contributed by atoms with van der Waals surface area (Å²) in [6.45, 7) is 0. The first-order chi connectivity index (χ1) is 8.47. The lowest BCUT2D eigenvalue weighted by molar-refractivity contribution is -0.137. The van der Waals surface area contributed by atoms with E-state index >= 15 is 0 Å². The summed E-state index contributed by atoms with van der Waals surface area (Å²) in [5.41, 5.74) is 0.398. The van der Waals surface area contributed by atoms with Gasteiger partial charge < -0.3 is 0 Å². The fraction of sp³-hybridized carbons (Fsp3) is 0.571. The number of rotatable bonds is 3. The van der Waals surface area contributed by atoms with Crippen LogP contribution in [0.3, 0.4) is 0 Å². The van der Waals surface area contributed by atoms with E-state index in [2.05, 4.69) is 15.9 Å². The molecule has 100 valence electrons. The van der Waals surface area contributed by atoms with Gasteiger partial charge in [-0.2, -0.15) is 13.2 Å². The van der Waals surface area contributed by atoms with Crippen LogP contribution in [0, 0.1) is 5.92 Å². The van der Waals surface area contributed by atoms with Gasteiger partial charge in [-0.25, -0.2) is 0 Å². The molecule has 1 atom stereocenters. The molecule has 0 bridgehead atoms. The molecule has 1 aliphatic rings. The highest BCUT2D eigenvalue weighted by molar-refractivity contribution is 9.09. The van der Waals surface area contributed by atoms with Gasteiger partial charge in [-0.3, -0.25) is 0 Å². The van der Waals surface area contributed by atoms with Crippen molar-refractivity contribution in [1.82, 2.24) is 0 Å². The van der Waals surface area contributed by atoms with Crippen molar-refractivity contribution in [1.29, 1.82) is 0 Å². The van der Waals surface area contributed by atoms with Gasteiger partial charge in [0.15, 0.2) is 0 Å². The molecule has 0 nitrogen and oxygen atoms in total. The largest absolute Gasteiger partial charge is 0.416 e. The second kappa shape index (κ2) is 5.64. The fourth-order valence-electron chi connectivity index (χ4n) is 2.54. The Bertz CT molecular complexity index is 377. The summed E-state index contributed by atoms with van der Waals surface area (Å²) in [6.07, 6.45) is 1.59. The molecule has 1 saturated carbocycles. The van der Waals surface area contributed by atoms with Crippen molar-refractivity contribution in [3.63, 3.8) is 0 Å². The van der Waals surface area contributed by atoms with Crippen LogP contribution in [0.25, 0.3) is 0 Å². The Labute approximate surface area is 114 Å². The summed E-state index contributed by atoms with van der Waals surface area (Å²) in [6, 6.07) is 5.52. The highest BCUT2D eigenvalue weighted by atomic mass is 79.9. The van der Waals surface area contributed by atoms with E-state index in [0.29, 0.717) is 10.7 Å². The Kier molecular flexibility index (Phi) is 4.36. The van der Waals surface area contributed by atoms with Gasteiger partial charge in [0, 0.05) is 4.83 Å². The maximum absolute atomic E-state index is 12.4. The molecule has 0 N–H and O–H groups in total. The van der Waals surface area contributed by atoms with Gasteiger partial charge in [-0.1, -0.05) is 40.9 Å². The SMILES string of the molecule is FC(F)(F)c1ccc(CC(Br)C2CCCC2)cc1. The van der Waals surface area contributed by atoms with E-state index in [4.69, 9.17) is 0 Å². The van der Waals surface area contributed by atoms with Crippen molar-refractivity contribution in [2.75, 3.05) is 0 Å². The van der Waals surface area contributed by atoms with E-state index in [0.717, 1.165) is 12.0 Å². The smallest absolute Gasteiger partial charge is 0.166 e. The monoisotopic (exact) mass is 320 g/mol. The topological polar surface area (TPSA) is 0 Å². The molecular formula is C14H16BrF3. The molecule has 0 amide bonds. The van der Waals surface area contributed by atoms with Gasteiger partial charge in [0.1, 0.15) is 0 Å².